The Balaban J connectivity index is 2.16. The minimum absolute atomic E-state index is 0.570. The van der Waals surface area contributed by atoms with E-state index in [4.69, 9.17) is 5.73 Å². The van der Waals surface area contributed by atoms with E-state index < -0.39 is 0 Å². The molecule has 3 heteroatoms. The van der Waals surface area contributed by atoms with Gasteiger partial charge >= 0.3 is 0 Å². The molecule has 0 aromatic carbocycles. The van der Waals surface area contributed by atoms with Crippen LogP contribution in [-0.2, 0) is 6.54 Å². The molecule has 0 spiro atoms. The van der Waals surface area contributed by atoms with Crippen LogP contribution in [0.25, 0.3) is 0 Å². The van der Waals surface area contributed by atoms with Gasteiger partial charge in [0.05, 0.1) is 0 Å². The Labute approximate surface area is 97.7 Å². The molecule has 2 N–H and O–H groups in total. The average Bonchev–Trinajstić information content (AvgIpc) is 2.78. The van der Waals surface area contributed by atoms with E-state index in [1.807, 2.05) is 6.20 Å². The van der Waals surface area contributed by atoms with Gasteiger partial charge in [-0.15, -0.1) is 0 Å². The van der Waals surface area contributed by atoms with Gasteiger partial charge in [0, 0.05) is 25.3 Å². The molecule has 1 atom stereocenters. The van der Waals surface area contributed by atoms with E-state index in [0.717, 1.165) is 17.9 Å². The summed E-state index contributed by atoms with van der Waals surface area (Å²) < 4.78 is 0. The summed E-state index contributed by atoms with van der Waals surface area (Å²) in [5, 5.41) is 0. The van der Waals surface area contributed by atoms with Crippen molar-refractivity contribution in [3.8, 4) is 0 Å². The molecule has 0 bridgehead atoms. The number of hydrogen-bond donors (Lipinski definition) is 1. The molecule has 0 aliphatic carbocycles. The van der Waals surface area contributed by atoms with E-state index >= 15 is 0 Å². The lowest BCUT2D eigenvalue weighted by atomic mass is 10.0. The normalized spacial score (nSPS) is 20.8. The van der Waals surface area contributed by atoms with Gasteiger partial charge in [-0.1, -0.05) is 19.9 Å². The second kappa shape index (κ2) is 4.83. The van der Waals surface area contributed by atoms with E-state index in [-0.39, 0.29) is 0 Å². The number of pyridine rings is 1. The van der Waals surface area contributed by atoms with Crippen LogP contribution in [-0.4, -0.2) is 17.6 Å². The van der Waals surface area contributed by atoms with Gasteiger partial charge in [0.25, 0.3) is 0 Å². The summed E-state index contributed by atoms with van der Waals surface area (Å²) in [4.78, 5) is 6.95. The van der Waals surface area contributed by atoms with Crippen molar-refractivity contribution in [3.63, 3.8) is 0 Å². The second-order valence-corrected chi connectivity index (χ2v) is 4.88. The molecule has 88 valence electrons. The van der Waals surface area contributed by atoms with Gasteiger partial charge in [0.15, 0.2) is 0 Å². The zero-order valence-corrected chi connectivity index (χ0v) is 10.2. The van der Waals surface area contributed by atoms with Gasteiger partial charge in [0.2, 0.25) is 0 Å². The van der Waals surface area contributed by atoms with Gasteiger partial charge in [-0.2, -0.15) is 0 Å². The lowest BCUT2D eigenvalue weighted by molar-refractivity contribution is 0.489. The first-order chi connectivity index (χ1) is 7.72. The molecule has 3 nitrogen and oxygen atoms in total. The molecule has 2 heterocycles. The van der Waals surface area contributed by atoms with E-state index in [1.54, 1.807) is 0 Å². The largest absolute Gasteiger partial charge is 0.353 e. The Morgan fingerprint density at radius 1 is 1.50 bits per heavy atom. The molecule has 0 saturated carbocycles. The highest BCUT2D eigenvalue weighted by Crippen LogP contribution is 2.28. The van der Waals surface area contributed by atoms with Crippen LogP contribution >= 0.6 is 0 Å². The number of aromatic nitrogens is 1. The lowest BCUT2D eigenvalue weighted by Gasteiger charge is -2.28. The Kier molecular flexibility index (Phi) is 3.44. The molecule has 2 rings (SSSR count). The summed E-state index contributed by atoms with van der Waals surface area (Å²) in [6, 6.07) is 4.83. The van der Waals surface area contributed by atoms with Crippen molar-refractivity contribution in [2.45, 2.75) is 39.3 Å². The molecule has 1 aromatic heterocycles. The fourth-order valence-electron chi connectivity index (χ4n) is 2.48. The van der Waals surface area contributed by atoms with Crippen molar-refractivity contribution in [3.05, 3.63) is 23.9 Å². The molecule has 0 amide bonds. The number of hydrogen-bond acceptors (Lipinski definition) is 3. The molecule has 1 unspecified atom stereocenters. The van der Waals surface area contributed by atoms with Gasteiger partial charge in [-0.05, 0) is 30.4 Å². The first-order valence-corrected chi connectivity index (χ1v) is 6.14. The minimum atomic E-state index is 0.570. The monoisotopic (exact) mass is 219 g/mol. The first kappa shape index (κ1) is 11.4. The van der Waals surface area contributed by atoms with Crippen molar-refractivity contribution in [1.82, 2.24) is 4.98 Å². The molecule has 1 aliphatic rings. The number of nitrogens with zero attached hydrogens (tertiary/aromatic N) is 2. The molecular formula is C13H21N3. The van der Waals surface area contributed by atoms with E-state index in [0.29, 0.717) is 18.5 Å². The van der Waals surface area contributed by atoms with Crippen LogP contribution in [0, 0.1) is 5.92 Å². The number of rotatable bonds is 3. The van der Waals surface area contributed by atoms with Crippen LogP contribution in [0.3, 0.4) is 0 Å². The molecule has 1 aromatic rings. The zero-order valence-electron chi connectivity index (χ0n) is 10.2. The standard InChI is InChI=1S/C13H21N3/c1-10(2)12-4-3-7-16(12)13-6-5-11(8-14)9-15-13/h5-6,9-10,12H,3-4,7-8,14H2,1-2H3. The Morgan fingerprint density at radius 3 is 2.88 bits per heavy atom. The summed E-state index contributed by atoms with van der Waals surface area (Å²) in [5.74, 6) is 1.80. The Bertz CT molecular complexity index is 332. The van der Waals surface area contributed by atoms with Crippen LogP contribution in [0.1, 0.15) is 32.3 Å². The van der Waals surface area contributed by atoms with E-state index in [2.05, 4.69) is 35.9 Å². The van der Waals surface area contributed by atoms with Crippen LogP contribution in [0.5, 0.6) is 0 Å². The molecule has 1 aliphatic heterocycles. The smallest absolute Gasteiger partial charge is 0.128 e. The third-order valence-electron chi connectivity index (χ3n) is 3.41. The van der Waals surface area contributed by atoms with Crippen molar-refractivity contribution < 1.29 is 0 Å². The summed E-state index contributed by atoms with van der Waals surface area (Å²) in [7, 11) is 0. The van der Waals surface area contributed by atoms with Crippen LogP contribution in [0.15, 0.2) is 18.3 Å². The summed E-state index contributed by atoms with van der Waals surface area (Å²) in [6.45, 7) is 6.28. The number of nitrogens with two attached hydrogens (primary N) is 1. The van der Waals surface area contributed by atoms with Crippen molar-refractivity contribution in [1.29, 1.82) is 0 Å². The van der Waals surface area contributed by atoms with Crippen molar-refractivity contribution in [2.24, 2.45) is 11.7 Å². The molecule has 1 fully saturated rings. The van der Waals surface area contributed by atoms with E-state index in [1.165, 1.54) is 12.8 Å². The fourth-order valence-corrected chi connectivity index (χ4v) is 2.48. The first-order valence-electron chi connectivity index (χ1n) is 6.14. The lowest BCUT2D eigenvalue weighted by Crippen LogP contribution is -2.33. The fraction of sp³-hybridized carbons (Fsp3) is 0.615. The van der Waals surface area contributed by atoms with Gasteiger partial charge in [0.1, 0.15) is 5.82 Å². The molecule has 0 radical (unpaired) electrons. The maximum absolute atomic E-state index is 5.58. The maximum Gasteiger partial charge on any atom is 0.128 e. The Morgan fingerprint density at radius 2 is 2.31 bits per heavy atom. The minimum Gasteiger partial charge on any atom is -0.353 e. The quantitative estimate of drug-likeness (QED) is 0.847. The third kappa shape index (κ3) is 2.19. The highest BCUT2D eigenvalue weighted by atomic mass is 15.2. The van der Waals surface area contributed by atoms with Crippen LogP contribution < -0.4 is 10.6 Å². The summed E-state index contributed by atoms with van der Waals surface area (Å²) >= 11 is 0. The Hall–Kier alpha value is -1.09. The van der Waals surface area contributed by atoms with E-state index in [9.17, 15) is 0 Å². The van der Waals surface area contributed by atoms with Crippen molar-refractivity contribution >= 4 is 5.82 Å². The number of anilines is 1. The van der Waals surface area contributed by atoms with Crippen molar-refractivity contribution in [2.75, 3.05) is 11.4 Å². The van der Waals surface area contributed by atoms with Crippen LogP contribution in [0.4, 0.5) is 5.82 Å². The zero-order chi connectivity index (χ0) is 11.5. The molecule has 1 saturated heterocycles. The van der Waals surface area contributed by atoms with Gasteiger partial charge in [-0.25, -0.2) is 4.98 Å². The predicted molar refractivity (Wildman–Crippen MR) is 67.3 cm³/mol. The SMILES string of the molecule is CC(C)C1CCCN1c1ccc(CN)cn1. The summed E-state index contributed by atoms with van der Waals surface area (Å²) in [6.07, 6.45) is 4.46. The van der Waals surface area contributed by atoms with Gasteiger partial charge < -0.3 is 10.6 Å². The highest BCUT2D eigenvalue weighted by molar-refractivity contribution is 5.42. The maximum atomic E-state index is 5.58. The topological polar surface area (TPSA) is 42.1 Å². The highest BCUT2D eigenvalue weighted by Gasteiger charge is 2.27. The second-order valence-electron chi connectivity index (χ2n) is 4.88. The van der Waals surface area contributed by atoms with Crippen LogP contribution in [0.2, 0.25) is 0 Å². The predicted octanol–water partition coefficient (Wildman–Crippen LogP) is 2.17. The molecule has 16 heavy (non-hydrogen) atoms. The summed E-state index contributed by atoms with van der Waals surface area (Å²) in [5.41, 5.74) is 6.68. The van der Waals surface area contributed by atoms with Gasteiger partial charge in [-0.3, -0.25) is 0 Å². The third-order valence-corrected chi connectivity index (χ3v) is 3.41. The molecular weight excluding hydrogens is 198 g/mol. The average molecular weight is 219 g/mol.